The largest absolute Gasteiger partial charge is 0.405 e. The van der Waals surface area contributed by atoms with Crippen LogP contribution in [0.25, 0.3) is 0 Å². The molecule has 3 heterocycles. The highest BCUT2D eigenvalue weighted by Crippen LogP contribution is 2.34. The number of rotatable bonds is 7. The Morgan fingerprint density at radius 1 is 1.16 bits per heavy atom. The molecule has 0 atom stereocenters. The fraction of sp³-hybridized carbons (Fsp3) is 0.375. The molecule has 4 N–H and O–H groups in total. The molecule has 162 valence electrons. The maximum absolute atomic E-state index is 9.15. The Kier molecular flexibility index (Phi) is 7.14. The Morgan fingerprint density at radius 2 is 1.84 bits per heavy atom. The molecular weight excluding hydrogens is 386 g/mol. The minimum Gasteiger partial charge on any atom is -0.405 e. The van der Waals surface area contributed by atoms with E-state index < -0.39 is 0 Å². The predicted molar refractivity (Wildman–Crippen MR) is 125 cm³/mol. The quantitative estimate of drug-likeness (QED) is 0.657. The topological polar surface area (TPSA) is 108 Å². The molecule has 31 heavy (non-hydrogen) atoms. The van der Waals surface area contributed by atoms with Crippen LogP contribution in [-0.2, 0) is 0 Å². The first-order chi connectivity index (χ1) is 14.9. The van der Waals surface area contributed by atoms with E-state index in [4.69, 9.17) is 16.7 Å². The average molecular weight is 418 g/mol. The SMILES string of the molecule is C=C(C)C(/C=C\C(=C)N1CC(c2nccnc2N2CCC(C#N)CC2)C1)=C(N)\C=C/N. The Hall–Kier alpha value is -3.53. The third-order valence-electron chi connectivity index (χ3n) is 5.85. The Balaban J connectivity index is 1.64. The Labute approximate surface area is 184 Å². The summed E-state index contributed by atoms with van der Waals surface area (Å²) in [5, 5.41) is 9.15. The molecule has 0 aromatic carbocycles. The first kappa shape index (κ1) is 22.2. The van der Waals surface area contributed by atoms with Gasteiger partial charge in [0.15, 0.2) is 5.82 Å². The van der Waals surface area contributed by atoms with Crippen molar-refractivity contribution in [1.82, 2.24) is 14.9 Å². The van der Waals surface area contributed by atoms with Crippen LogP contribution in [0.5, 0.6) is 0 Å². The van der Waals surface area contributed by atoms with Gasteiger partial charge in [0, 0.05) is 61.8 Å². The molecule has 0 radical (unpaired) electrons. The third kappa shape index (κ3) is 5.15. The number of hydrogen-bond donors (Lipinski definition) is 2. The van der Waals surface area contributed by atoms with Crippen molar-refractivity contribution in [3.63, 3.8) is 0 Å². The molecule has 0 aliphatic carbocycles. The van der Waals surface area contributed by atoms with Gasteiger partial charge in [-0.15, -0.1) is 0 Å². The first-order valence-corrected chi connectivity index (χ1v) is 10.6. The molecule has 7 heteroatoms. The lowest BCUT2D eigenvalue weighted by Crippen LogP contribution is -2.45. The highest BCUT2D eigenvalue weighted by atomic mass is 15.2. The molecule has 2 aliphatic heterocycles. The summed E-state index contributed by atoms with van der Waals surface area (Å²) in [5.74, 6) is 1.42. The molecular formula is C24H31N7. The summed E-state index contributed by atoms with van der Waals surface area (Å²) in [5.41, 5.74) is 15.7. The van der Waals surface area contributed by atoms with Crippen LogP contribution in [0, 0.1) is 17.2 Å². The van der Waals surface area contributed by atoms with Gasteiger partial charge in [-0.3, -0.25) is 4.98 Å². The highest BCUT2D eigenvalue weighted by Gasteiger charge is 2.33. The van der Waals surface area contributed by atoms with E-state index in [0.29, 0.717) is 11.6 Å². The number of anilines is 1. The van der Waals surface area contributed by atoms with Gasteiger partial charge in [-0.25, -0.2) is 4.98 Å². The van der Waals surface area contributed by atoms with Crippen LogP contribution in [0.2, 0.25) is 0 Å². The molecule has 0 spiro atoms. The van der Waals surface area contributed by atoms with Gasteiger partial charge >= 0.3 is 0 Å². The molecule has 1 aromatic rings. The van der Waals surface area contributed by atoms with Gasteiger partial charge in [-0.1, -0.05) is 19.2 Å². The minimum atomic E-state index is 0.151. The monoisotopic (exact) mass is 417 g/mol. The summed E-state index contributed by atoms with van der Waals surface area (Å²) in [6.07, 6.45) is 12.2. The van der Waals surface area contributed by atoms with Gasteiger partial charge < -0.3 is 21.3 Å². The number of aromatic nitrogens is 2. The molecule has 2 fully saturated rings. The van der Waals surface area contributed by atoms with Crippen molar-refractivity contribution in [2.45, 2.75) is 25.7 Å². The second kappa shape index (κ2) is 9.98. The number of likely N-dealkylation sites (tertiary alicyclic amines) is 1. The van der Waals surface area contributed by atoms with Crippen molar-refractivity contribution in [2.75, 3.05) is 31.1 Å². The predicted octanol–water partition coefficient (Wildman–Crippen LogP) is 2.95. The normalized spacial score (nSPS) is 18.7. The van der Waals surface area contributed by atoms with E-state index >= 15 is 0 Å². The number of nitrogens with zero attached hydrogens (tertiary/aromatic N) is 5. The smallest absolute Gasteiger partial charge is 0.150 e. The zero-order chi connectivity index (χ0) is 22.4. The molecule has 1 aromatic heterocycles. The summed E-state index contributed by atoms with van der Waals surface area (Å²) in [6, 6.07) is 2.38. The second-order valence-corrected chi connectivity index (χ2v) is 8.09. The number of piperidine rings is 1. The van der Waals surface area contributed by atoms with Crippen molar-refractivity contribution < 1.29 is 0 Å². The second-order valence-electron chi connectivity index (χ2n) is 8.09. The first-order valence-electron chi connectivity index (χ1n) is 10.6. The van der Waals surface area contributed by atoms with Gasteiger partial charge in [0.25, 0.3) is 0 Å². The van der Waals surface area contributed by atoms with Crippen LogP contribution in [0.15, 0.2) is 72.5 Å². The summed E-state index contributed by atoms with van der Waals surface area (Å²) >= 11 is 0. The van der Waals surface area contributed by atoms with Gasteiger partial charge in [0.1, 0.15) is 0 Å². The Bertz CT molecular complexity index is 952. The zero-order valence-corrected chi connectivity index (χ0v) is 18.2. The molecule has 3 rings (SSSR count). The van der Waals surface area contributed by atoms with E-state index in [0.717, 1.165) is 67.4 Å². The van der Waals surface area contributed by atoms with E-state index in [-0.39, 0.29) is 5.92 Å². The number of allylic oxidation sites excluding steroid dienone is 5. The van der Waals surface area contributed by atoms with E-state index in [2.05, 4.69) is 39.0 Å². The van der Waals surface area contributed by atoms with Crippen LogP contribution >= 0.6 is 0 Å². The fourth-order valence-electron chi connectivity index (χ4n) is 3.94. The van der Waals surface area contributed by atoms with E-state index in [1.807, 2.05) is 19.1 Å². The van der Waals surface area contributed by atoms with Gasteiger partial charge in [0.2, 0.25) is 0 Å². The number of nitriles is 1. The number of nitrogens with two attached hydrogens (primary N) is 2. The van der Waals surface area contributed by atoms with Gasteiger partial charge in [-0.05, 0) is 49.3 Å². The number of hydrogen-bond acceptors (Lipinski definition) is 7. The van der Waals surface area contributed by atoms with Gasteiger partial charge in [-0.2, -0.15) is 5.26 Å². The summed E-state index contributed by atoms with van der Waals surface area (Å²) in [6.45, 7) is 13.5. The standard InChI is InChI=1S/C24H31N7/c1-17(2)21(22(27)6-9-25)5-4-18(3)31-15-20(16-31)23-24(29-11-10-28-23)30-12-7-19(14-26)8-13-30/h4-6,9-11,19-20H,1,3,7-8,12-13,15-16,25,27H2,2H3/b5-4-,9-6-,22-21+. The van der Waals surface area contributed by atoms with Crippen LogP contribution in [0.1, 0.15) is 31.4 Å². The maximum atomic E-state index is 9.15. The van der Waals surface area contributed by atoms with Crippen LogP contribution in [-0.4, -0.2) is 41.0 Å². The molecule has 0 amide bonds. The summed E-state index contributed by atoms with van der Waals surface area (Å²) in [7, 11) is 0. The molecule has 0 unspecified atom stereocenters. The van der Waals surface area contributed by atoms with E-state index in [9.17, 15) is 0 Å². The average Bonchev–Trinajstić information content (AvgIpc) is 2.73. The molecule has 0 bridgehead atoms. The summed E-state index contributed by atoms with van der Waals surface area (Å²) < 4.78 is 0. The fourth-order valence-corrected chi connectivity index (χ4v) is 3.94. The maximum Gasteiger partial charge on any atom is 0.150 e. The van der Waals surface area contributed by atoms with Crippen LogP contribution in [0.4, 0.5) is 5.82 Å². The van der Waals surface area contributed by atoms with Crippen molar-refractivity contribution in [3.05, 3.63) is 78.2 Å². The lowest BCUT2D eigenvalue weighted by Gasteiger charge is -2.42. The van der Waals surface area contributed by atoms with E-state index in [1.165, 1.54) is 6.20 Å². The zero-order valence-electron chi connectivity index (χ0n) is 18.2. The van der Waals surface area contributed by atoms with Crippen molar-refractivity contribution >= 4 is 5.82 Å². The highest BCUT2D eigenvalue weighted by molar-refractivity contribution is 5.48. The molecule has 2 aliphatic rings. The van der Waals surface area contributed by atoms with Crippen LogP contribution < -0.4 is 16.4 Å². The van der Waals surface area contributed by atoms with E-state index in [1.54, 1.807) is 18.5 Å². The van der Waals surface area contributed by atoms with Crippen molar-refractivity contribution in [1.29, 1.82) is 5.26 Å². The van der Waals surface area contributed by atoms with Gasteiger partial charge in [0.05, 0.1) is 11.8 Å². The Morgan fingerprint density at radius 3 is 2.45 bits per heavy atom. The lowest BCUT2D eigenvalue weighted by atomic mass is 9.93. The molecule has 7 nitrogen and oxygen atoms in total. The van der Waals surface area contributed by atoms with Crippen molar-refractivity contribution in [2.24, 2.45) is 17.4 Å². The summed E-state index contributed by atoms with van der Waals surface area (Å²) in [4.78, 5) is 13.8. The minimum absolute atomic E-state index is 0.151. The third-order valence-corrected chi connectivity index (χ3v) is 5.85. The molecule has 0 saturated carbocycles. The lowest BCUT2D eigenvalue weighted by molar-refractivity contribution is 0.203. The molecule has 2 saturated heterocycles. The van der Waals surface area contributed by atoms with Crippen molar-refractivity contribution in [3.8, 4) is 6.07 Å². The van der Waals surface area contributed by atoms with Crippen LogP contribution in [0.3, 0.4) is 0 Å².